The molecule has 0 bridgehead atoms. The second kappa shape index (κ2) is 8.86. The van der Waals surface area contributed by atoms with Crippen LogP contribution in [0.15, 0.2) is 41.6 Å². The van der Waals surface area contributed by atoms with Gasteiger partial charge in [0.05, 0.1) is 17.2 Å². The van der Waals surface area contributed by atoms with E-state index >= 15 is 0 Å². The molecule has 2 N–H and O–H groups in total. The van der Waals surface area contributed by atoms with E-state index in [4.69, 9.17) is 15.3 Å². The number of nitriles is 1. The van der Waals surface area contributed by atoms with Gasteiger partial charge in [0.25, 0.3) is 0 Å². The van der Waals surface area contributed by atoms with E-state index in [9.17, 15) is 10.1 Å². The quantitative estimate of drug-likeness (QED) is 0.364. The Balaban J connectivity index is 2.21. The molecule has 0 heterocycles. The predicted octanol–water partition coefficient (Wildman–Crippen LogP) is 3.69. The summed E-state index contributed by atoms with van der Waals surface area (Å²) in [5, 5.41) is 13.0. The number of aryl methyl sites for hydroxylation is 1. The Morgan fingerprint density at radius 2 is 2.04 bits per heavy atom. The predicted molar refractivity (Wildman–Crippen MR) is 104 cm³/mol. The van der Waals surface area contributed by atoms with Gasteiger partial charge in [0.1, 0.15) is 11.8 Å². The zero-order valence-corrected chi connectivity index (χ0v) is 15.9. The summed E-state index contributed by atoms with van der Waals surface area (Å²) in [6.07, 6.45) is 0.705. The lowest BCUT2D eigenvalue weighted by molar-refractivity contribution is 0.0516. The Morgan fingerprint density at radius 1 is 1.30 bits per heavy atom. The van der Waals surface area contributed by atoms with Crippen molar-refractivity contribution in [1.29, 1.82) is 5.26 Å². The Hall–Kier alpha value is -3.33. The average molecular weight is 365 g/mol. The van der Waals surface area contributed by atoms with Crippen LogP contribution in [0.1, 0.15) is 53.4 Å². The average Bonchev–Trinajstić information content (AvgIpc) is 2.65. The van der Waals surface area contributed by atoms with Crippen LogP contribution in [0.4, 0.5) is 0 Å². The van der Waals surface area contributed by atoms with Crippen LogP contribution in [0.2, 0.25) is 0 Å². The van der Waals surface area contributed by atoms with Gasteiger partial charge in [-0.25, -0.2) is 4.79 Å². The lowest BCUT2D eigenvalue weighted by atomic mass is 9.99. The molecule has 0 saturated heterocycles. The molecule has 0 aromatic heterocycles. The summed E-state index contributed by atoms with van der Waals surface area (Å²) in [4.78, 5) is 17.2. The van der Waals surface area contributed by atoms with Crippen molar-refractivity contribution in [2.75, 3.05) is 0 Å². The summed E-state index contributed by atoms with van der Waals surface area (Å²) in [7, 11) is 0. The second-order valence-electron chi connectivity index (χ2n) is 6.30. The number of ether oxygens (including phenoxy) is 1. The van der Waals surface area contributed by atoms with Crippen LogP contribution in [0.25, 0.3) is 0 Å². The van der Waals surface area contributed by atoms with Gasteiger partial charge in [0.15, 0.2) is 5.84 Å². The number of nitrogens with zero attached hydrogens (tertiary/aromatic N) is 2. The Kier molecular flexibility index (Phi) is 6.56. The second-order valence-corrected chi connectivity index (χ2v) is 6.30. The highest BCUT2D eigenvalue weighted by Gasteiger charge is 2.14. The van der Waals surface area contributed by atoms with Crippen LogP contribution in [0.3, 0.4) is 0 Å². The van der Waals surface area contributed by atoms with Crippen molar-refractivity contribution >= 4 is 11.8 Å². The molecule has 140 valence electrons. The Morgan fingerprint density at radius 3 is 2.67 bits per heavy atom. The Bertz CT molecular complexity index is 911. The van der Waals surface area contributed by atoms with Gasteiger partial charge in [0, 0.05) is 5.56 Å². The first-order chi connectivity index (χ1) is 12.9. The standard InChI is InChI=1S/C21H23N3O3/c1-5-17-14(4)7-6-8-18(17)20(23)24-27-21(25)15-9-10-19(26-13(2)3)16(11-15)12-22/h6-11,13H,5H2,1-4H3,(H2,23,24). The number of hydrogen-bond acceptors (Lipinski definition) is 5. The largest absolute Gasteiger partial charge is 0.490 e. The van der Waals surface area contributed by atoms with Crippen LogP contribution in [0.5, 0.6) is 5.75 Å². The SMILES string of the molecule is CCc1c(C)cccc1/C(N)=N/OC(=O)c1ccc(OC(C)C)c(C#N)c1. The fourth-order valence-electron chi connectivity index (χ4n) is 2.71. The zero-order chi connectivity index (χ0) is 20.0. The molecular weight excluding hydrogens is 342 g/mol. The van der Waals surface area contributed by atoms with Crippen LogP contribution in [-0.4, -0.2) is 17.9 Å². The van der Waals surface area contributed by atoms with E-state index in [0.29, 0.717) is 5.75 Å². The molecule has 0 amide bonds. The Labute approximate surface area is 159 Å². The van der Waals surface area contributed by atoms with Gasteiger partial charge < -0.3 is 15.3 Å². The van der Waals surface area contributed by atoms with E-state index in [2.05, 4.69) is 5.16 Å². The van der Waals surface area contributed by atoms with Crippen molar-refractivity contribution in [1.82, 2.24) is 0 Å². The van der Waals surface area contributed by atoms with E-state index < -0.39 is 5.97 Å². The van der Waals surface area contributed by atoms with Gasteiger partial charge in [0.2, 0.25) is 0 Å². The van der Waals surface area contributed by atoms with Gasteiger partial charge in [-0.05, 0) is 56.5 Å². The molecule has 0 fully saturated rings. The van der Waals surface area contributed by atoms with Crippen LogP contribution < -0.4 is 10.5 Å². The minimum Gasteiger partial charge on any atom is -0.490 e. The third-order valence-electron chi connectivity index (χ3n) is 3.97. The fourth-order valence-corrected chi connectivity index (χ4v) is 2.71. The molecule has 0 aliphatic carbocycles. The number of amidine groups is 1. The van der Waals surface area contributed by atoms with Crippen molar-refractivity contribution in [2.45, 2.75) is 40.2 Å². The number of benzene rings is 2. The summed E-state index contributed by atoms with van der Waals surface area (Å²) in [5.41, 5.74) is 9.34. The molecule has 0 aliphatic rings. The molecule has 0 radical (unpaired) electrons. The summed E-state index contributed by atoms with van der Waals surface area (Å²) in [6, 6.07) is 12.2. The van der Waals surface area contributed by atoms with E-state index in [0.717, 1.165) is 23.1 Å². The first kappa shape index (κ1) is 20.0. The maximum absolute atomic E-state index is 12.3. The van der Waals surface area contributed by atoms with Gasteiger partial charge in [-0.1, -0.05) is 30.3 Å². The molecule has 6 nitrogen and oxygen atoms in total. The first-order valence-electron chi connectivity index (χ1n) is 8.71. The first-order valence-corrected chi connectivity index (χ1v) is 8.71. The molecule has 0 spiro atoms. The molecular formula is C21H23N3O3. The fraction of sp³-hybridized carbons (Fsp3) is 0.286. The topological polar surface area (TPSA) is 97.7 Å². The molecule has 0 unspecified atom stereocenters. The number of carbonyl (C=O) groups excluding carboxylic acids is 1. The van der Waals surface area contributed by atoms with Gasteiger partial charge in [-0.3, -0.25) is 0 Å². The molecule has 2 aromatic rings. The number of oxime groups is 1. The van der Waals surface area contributed by atoms with E-state index in [-0.39, 0.29) is 23.1 Å². The van der Waals surface area contributed by atoms with Crippen LogP contribution in [0, 0.1) is 18.3 Å². The number of rotatable bonds is 6. The normalized spacial score (nSPS) is 11.2. The third-order valence-corrected chi connectivity index (χ3v) is 3.97. The van der Waals surface area contributed by atoms with Crippen LogP contribution in [-0.2, 0) is 11.3 Å². The van der Waals surface area contributed by atoms with Crippen molar-refractivity contribution in [2.24, 2.45) is 10.9 Å². The number of nitrogens with two attached hydrogens (primary N) is 1. The lowest BCUT2D eigenvalue weighted by Crippen LogP contribution is -2.18. The highest BCUT2D eigenvalue weighted by molar-refractivity contribution is 5.99. The maximum Gasteiger partial charge on any atom is 0.365 e. The molecule has 0 aliphatic heterocycles. The minimum absolute atomic E-state index is 0.0820. The van der Waals surface area contributed by atoms with Crippen LogP contribution >= 0.6 is 0 Å². The summed E-state index contributed by atoms with van der Waals surface area (Å²) >= 11 is 0. The molecule has 2 aromatic carbocycles. The molecule has 27 heavy (non-hydrogen) atoms. The zero-order valence-electron chi connectivity index (χ0n) is 15.9. The van der Waals surface area contributed by atoms with Crippen molar-refractivity contribution in [3.63, 3.8) is 0 Å². The smallest absolute Gasteiger partial charge is 0.365 e. The minimum atomic E-state index is -0.698. The monoisotopic (exact) mass is 365 g/mol. The van der Waals surface area contributed by atoms with E-state index in [1.54, 1.807) is 6.07 Å². The summed E-state index contributed by atoms with van der Waals surface area (Å²) in [5.74, 6) is -0.153. The lowest BCUT2D eigenvalue weighted by Gasteiger charge is -2.11. The van der Waals surface area contributed by atoms with Crippen molar-refractivity contribution in [3.05, 3.63) is 64.2 Å². The van der Waals surface area contributed by atoms with E-state index in [1.807, 2.05) is 52.0 Å². The van der Waals surface area contributed by atoms with E-state index in [1.165, 1.54) is 12.1 Å². The third kappa shape index (κ3) is 4.85. The summed E-state index contributed by atoms with van der Waals surface area (Å²) < 4.78 is 5.54. The maximum atomic E-state index is 12.3. The molecule has 2 rings (SSSR count). The number of hydrogen-bond donors (Lipinski definition) is 1. The van der Waals surface area contributed by atoms with Crippen molar-refractivity contribution in [3.8, 4) is 11.8 Å². The molecule has 0 saturated carbocycles. The molecule has 6 heteroatoms. The van der Waals surface area contributed by atoms with Crippen molar-refractivity contribution < 1.29 is 14.4 Å². The highest BCUT2D eigenvalue weighted by Crippen LogP contribution is 2.21. The summed E-state index contributed by atoms with van der Waals surface area (Å²) in [6.45, 7) is 7.73. The highest BCUT2D eigenvalue weighted by atomic mass is 16.7. The molecule has 0 atom stereocenters. The van der Waals surface area contributed by atoms with Gasteiger partial charge in [-0.2, -0.15) is 5.26 Å². The van der Waals surface area contributed by atoms with Gasteiger partial charge in [-0.15, -0.1) is 0 Å². The van der Waals surface area contributed by atoms with Gasteiger partial charge >= 0.3 is 5.97 Å². The number of carbonyl (C=O) groups is 1.